The zero-order valence-corrected chi connectivity index (χ0v) is 12.1. The van der Waals surface area contributed by atoms with E-state index in [2.05, 4.69) is 29.1 Å². The molecule has 4 bridgehead atoms. The number of aryl methyl sites for hydroxylation is 1. The van der Waals surface area contributed by atoms with Gasteiger partial charge in [0.2, 0.25) is 5.95 Å². The van der Waals surface area contributed by atoms with Crippen molar-refractivity contribution < 1.29 is 0 Å². The molecule has 1 atom stereocenters. The van der Waals surface area contributed by atoms with E-state index < -0.39 is 0 Å². The van der Waals surface area contributed by atoms with E-state index in [4.69, 9.17) is 0 Å². The van der Waals surface area contributed by atoms with E-state index >= 15 is 0 Å². The predicted molar refractivity (Wildman–Crippen MR) is 77.0 cm³/mol. The van der Waals surface area contributed by atoms with Crippen molar-refractivity contribution in [3.05, 3.63) is 11.9 Å². The molecular weight excluding hydrogens is 234 g/mol. The van der Waals surface area contributed by atoms with Crippen LogP contribution in [0.5, 0.6) is 0 Å². The maximum absolute atomic E-state index is 4.42. The maximum atomic E-state index is 4.42. The lowest BCUT2D eigenvalue weighted by Gasteiger charge is -2.59. The van der Waals surface area contributed by atoms with Crippen LogP contribution in [0.1, 0.15) is 51.1 Å². The molecule has 0 saturated heterocycles. The van der Waals surface area contributed by atoms with Gasteiger partial charge in [-0.3, -0.25) is 0 Å². The van der Waals surface area contributed by atoms with Crippen LogP contribution in [0, 0.1) is 30.1 Å². The number of hydrogen-bond donors (Lipinski definition) is 2. The van der Waals surface area contributed by atoms with Gasteiger partial charge in [0.05, 0.1) is 0 Å². The number of rotatable bonds is 3. The van der Waals surface area contributed by atoms with E-state index in [0.29, 0.717) is 11.5 Å². The second-order valence-corrected chi connectivity index (χ2v) is 7.56. The molecule has 1 aromatic heterocycles. The van der Waals surface area contributed by atoms with E-state index in [1.807, 2.05) is 6.20 Å². The Morgan fingerprint density at radius 2 is 1.79 bits per heavy atom. The number of aromatic amines is 1. The molecule has 3 heteroatoms. The van der Waals surface area contributed by atoms with Crippen molar-refractivity contribution in [1.82, 2.24) is 9.97 Å². The molecule has 5 rings (SSSR count). The molecule has 1 unspecified atom stereocenters. The van der Waals surface area contributed by atoms with Gasteiger partial charge in [0.15, 0.2) is 0 Å². The normalized spacial score (nSPS) is 41.5. The van der Waals surface area contributed by atoms with E-state index in [1.165, 1.54) is 38.5 Å². The highest BCUT2D eigenvalue weighted by molar-refractivity contribution is 5.29. The fourth-order valence-corrected chi connectivity index (χ4v) is 5.55. The number of H-pyrrole nitrogens is 1. The van der Waals surface area contributed by atoms with Crippen LogP contribution in [-0.2, 0) is 0 Å². The van der Waals surface area contributed by atoms with Crippen LogP contribution < -0.4 is 5.32 Å². The standard InChI is InChI=1S/C16H25N3/c1-10-9-17-15(18-10)19-11(2)16-6-12-3-13(7-16)5-14(4-12)8-16/h9,11-14H,3-8H2,1-2H3,(H2,17,18,19). The SMILES string of the molecule is Cc1cnc(NC(C)C23CC4CC(CC(C4)C2)C3)[nH]1. The average molecular weight is 259 g/mol. The number of imidazole rings is 1. The predicted octanol–water partition coefficient (Wildman–Crippen LogP) is 3.73. The minimum absolute atomic E-state index is 0.548. The zero-order valence-electron chi connectivity index (χ0n) is 12.1. The lowest BCUT2D eigenvalue weighted by Crippen LogP contribution is -2.53. The van der Waals surface area contributed by atoms with Gasteiger partial charge < -0.3 is 10.3 Å². The number of nitrogens with one attached hydrogen (secondary N) is 2. The lowest BCUT2D eigenvalue weighted by atomic mass is 9.48. The van der Waals surface area contributed by atoms with Gasteiger partial charge in [0.1, 0.15) is 0 Å². The quantitative estimate of drug-likeness (QED) is 0.868. The first-order valence-electron chi connectivity index (χ1n) is 7.91. The van der Waals surface area contributed by atoms with Gasteiger partial charge >= 0.3 is 0 Å². The van der Waals surface area contributed by atoms with Crippen LogP contribution in [0.2, 0.25) is 0 Å². The first-order valence-corrected chi connectivity index (χ1v) is 7.91. The number of nitrogens with zero attached hydrogens (tertiary/aromatic N) is 1. The molecule has 0 amide bonds. The monoisotopic (exact) mass is 259 g/mol. The summed E-state index contributed by atoms with van der Waals surface area (Å²) in [7, 11) is 0. The van der Waals surface area contributed by atoms with Crippen LogP contribution in [0.15, 0.2) is 6.20 Å². The van der Waals surface area contributed by atoms with Crippen molar-refractivity contribution in [2.45, 2.75) is 58.4 Å². The van der Waals surface area contributed by atoms with Crippen molar-refractivity contribution in [3.8, 4) is 0 Å². The van der Waals surface area contributed by atoms with E-state index in [-0.39, 0.29) is 0 Å². The van der Waals surface area contributed by atoms with Crippen molar-refractivity contribution in [2.75, 3.05) is 5.32 Å². The Morgan fingerprint density at radius 3 is 2.26 bits per heavy atom. The Labute approximate surface area is 115 Å². The molecule has 0 aromatic carbocycles. The van der Waals surface area contributed by atoms with Crippen LogP contribution >= 0.6 is 0 Å². The van der Waals surface area contributed by atoms with Crippen LogP contribution in [-0.4, -0.2) is 16.0 Å². The van der Waals surface area contributed by atoms with Crippen LogP contribution in [0.3, 0.4) is 0 Å². The summed E-state index contributed by atoms with van der Waals surface area (Å²) < 4.78 is 0. The van der Waals surface area contributed by atoms with Crippen molar-refractivity contribution >= 4 is 5.95 Å². The van der Waals surface area contributed by atoms with E-state index in [9.17, 15) is 0 Å². The molecule has 0 aliphatic heterocycles. The van der Waals surface area contributed by atoms with Crippen molar-refractivity contribution in [3.63, 3.8) is 0 Å². The Kier molecular flexibility index (Phi) is 2.49. The first kappa shape index (κ1) is 11.8. The molecule has 4 aliphatic carbocycles. The van der Waals surface area contributed by atoms with Gasteiger partial charge in [-0.2, -0.15) is 0 Å². The van der Waals surface area contributed by atoms with Crippen molar-refractivity contribution in [2.24, 2.45) is 23.2 Å². The van der Waals surface area contributed by atoms with Gasteiger partial charge in [-0.1, -0.05) is 0 Å². The van der Waals surface area contributed by atoms with E-state index in [1.54, 1.807) is 0 Å². The van der Waals surface area contributed by atoms with Gasteiger partial charge in [0, 0.05) is 17.9 Å². The summed E-state index contributed by atoms with van der Waals surface area (Å²) in [4.78, 5) is 7.73. The molecule has 0 spiro atoms. The fraction of sp³-hybridized carbons (Fsp3) is 0.812. The molecule has 104 valence electrons. The third kappa shape index (κ3) is 1.89. The second kappa shape index (κ2) is 4.00. The van der Waals surface area contributed by atoms with Crippen LogP contribution in [0.4, 0.5) is 5.95 Å². The molecule has 1 heterocycles. The third-order valence-electron chi connectivity index (χ3n) is 6.06. The Bertz CT molecular complexity index is 441. The molecule has 1 aromatic rings. The van der Waals surface area contributed by atoms with E-state index in [0.717, 1.165) is 29.4 Å². The fourth-order valence-electron chi connectivity index (χ4n) is 5.55. The second-order valence-electron chi connectivity index (χ2n) is 7.56. The minimum Gasteiger partial charge on any atom is -0.353 e. The highest BCUT2D eigenvalue weighted by Gasteiger charge is 2.53. The van der Waals surface area contributed by atoms with Gasteiger partial charge in [-0.05, 0) is 75.5 Å². The highest BCUT2D eigenvalue weighted by Crippen LogP contribution is 2.61. The largest absolute Gasteiger partial charge is 0.353 e. The molecule has 4 saturated carbocycles. The molecule has 4 aliphatic rings. The maximum Gasteiger partial charge on any atom is 0.200 e. The summed E-state index contributed by atoms with van der Waals surface area (Å²) in [6, 6.07) is 0.548. The summed E-state index contributed by atoms with van der Waals surface area (Å²) in [6.07, 6.45) is 10.8. The molecule has 4 fully saturated rings. The van der Waals surface area contributed by atoms with Gasteiger partial charge in [0.25, 0.3) is 0 Å². The van der Waals surface area contributed by atoms with Gasteiger partial charge in [-0.25, -0.2) is 4.98 Å². The number of aromatic nitrogens is 2. The first-order chi connectivity index (χ1) is 9.13. The van der Waals surface area contributed by atoms with Gasteiger partial charge in [-0.15, -0.1) is 0 Å². The molecular formula is C16H25N3. The Hall–Kier alpha value is -0.990. The average Bonchev–Trinajstić information content (AvgIpc) is 2.73. The van der Waals surface area contributed by atoms with Crippen molar-refractivity contribution in [1.29, 1.82) is 0 Å². The number of hydrogen-bond acceptors (Lipinski definition) is 2. The topological polar surface area (TPSA) is 40.7 Å². The summed E-state index contributed by atoms with van der Waals surface area (Å²) in [6.45, 7) is 4.44. The highest BCUT2D eigenvalue weighted by atomic mass is 15.1. The number of anilines is 1. The molecule has 2 N–H and O–H groups in total. The summed E-state index contributed by atoms with van der Waals surface area (Å²) in [5.41, 5.74) is 1.69. The molecule has 19 heavy (non-hydrogen) atoms. The smallest absolute Gasteiger partial charge is 0.200 e. The lowest BCUT2D eigenvalue weighted by molar-refractivity contribution is -0.0603. The zero-order chi connectivity index (χ0) is 13.0. The minimum atomic E-state index is 0.548. The summed E-state index contributed by atoms with van der Waals surface area (Å²) >= 11 is 0. The molecule has 3 nitrogen and oxygen atoms in total. The third-order valence-corrected chi connectivity index (χ3v) is 6.06. The van der Waals surface area contributed by atoms with Crippen LogP contribution in [0.25, 0.3) is 0 Å². The Morgan fingerprint density at radius 1 is 1.21 bits per heavy atom. The molecule has 0 radical (unpaired) electrons. The summed E-state index contributed by atoms with van der Waals surface area (Å²) in [5, 5.41) is 3.65. The summed E-state index contributed by atoms with van der Waals surface area (Å²) in [5.74, 6) is 4.03. The Balaban J connectivity index is 1.54.